The number of aromatic nitrogens is 2. The van der Waals surface area contributed by atoms with Gasteiger partial charge in [-0.05, 0) is 49.8 Å². The van der Waals surface area contributed by atoms with Gasteiger partial charge in [-0.3, -0.25) is 9.48 Å². The second-order valence-corrected chi connectivity index (χ2v) is 6.57. The molecule has 0 radical (unpaired) electrons. The van der Waals surface area contributed by atoms with E-state index in [1.165, 1.54) is 5.56 Å². The molecular weight excluding hydrogens is 302 g/mol. The van der Waals surface area contributed by atoms with E-state index in [-0.39, 0.29) is 12.5 Å². The molecule has 2 aromatic rings. The zero-order chi connectivity index (χ0) is 17.1. The number of aliphatic hydroxyl groups excluding tert-OH is 1. The number of rotatable bonds is 5. The third-order valence-electron chi connectivity index (χ3n) is 4.80. The Morgan fingerprint density at radius 1 is 1.29 bits per heavy atom. The fourth-order valence-corrected chi connectivity index (χ4v) is 3.39. The molecule has 128 valence electrons. The van der Waals surface area contributed by atoms with Gasteiger partial charge in [-0.2, -0.15) is 5.10 Å². The molecule has 0 spiro atoms. The summed E-state index contributed by atoms with van der Waals surface area (Å²) in [7, 11) is 0. The number of likely N-dealkylation sites (tertiary alicyclic amines) is 1. The predicted molar refractivity (Wildman–Crippen MR) is 92.7 cm³/mol. The van der Waals surface area contributed by atoms with Crippen LogP contribution in [0.4, 0.5) is 0 Å². The Morgan fingerprint density at radius 3 is 2.62 bits per heavy atom. The van der Waals surface area contributed by atoms with E-state index in [1.807, 2.05) is 41.6 Å². The highest BCUT2D eigenvalue weighted by Crippen LogP contribution is 2.23. The minimum Gasteiger partial charge on any atom is -0.392 e. The monoisotopic (exact) mass is 327 g/mol. The number of carbonyl (C=O) groups is 1. The van der Waals surface area contributed by atoms with Crippen molar-refractivity contribution in [3.63, 3.8) is 0 Å². The molecule has 1 saturated heterocycles. The highest BCUT2D eigenvalue weighted by Gasteiger charge is 2.28. The van der Waals surface area contributed by atoms with Gasteiger partial charge >= 0.3 is 0 Å². The van der Waals surface area contributed by atoms with Gasteiger partial charge in [0.05, 0.1) is 6.61 Å². The first-order valence-corrected chi connectivity index (χ1v) is 8.63. The van der Waals surface area contributed by atoms with Crippen molar-refractivity contribution in [2.45, 2.75) is 39.8 Å². The van der Waals surface area contributed by atoms with Crippen molar-refractivity contribution < 1.29 is 9.90 Å². The standard InChI is InChI=1S/C19H25N3O2/c1-3-22-14(2)10-18(20-22)19(24)21-9-8-17(12-21)11-15-4-6-16(13-23)7-5-15/h4-7,10,17,23H,3,8-9,11-13H2,1-2H3/t17-/m0/s1. The van der Waals surface area contributed by atoms with Gasteiger partial charge in [0.25, 0.3) is 5.91 Å². The number of amides is 1. The van der Waals surface area contributed by atoms with Crippen molar-refractivity contribution in [2.24, 2.45) is 5.92 Å². The van der Waals surface area contributed by atoms with Gasteiger partial charge in [0, 0.05) is 25.3 Å². The fraction of sp³-hybridized carbons (Fsp3) is 0.474. The van der Waals surface area contributed by atoms with Crippen LogP contribution in [0.3, 0.4) is 0 Å². The van der Waals surface area contributed by atoms with Gasteiger partial charge in [-0.15, -0.1) is 0 Å². The Bertz CT molecular complexity index is 706. The molecule has 1 atom stereocenters. The van der Waals surface area contributed by atoms with E-state index in [2.05, 4.69) is 17.2 Å². The lowest BCUT2D eigenvalue weighted by atomic mass is 9.98. The summed E-state index contributed by atoms with van der Waals surface area (Å²) in [5, 5.41) is 13.5. The number of carbonyl (C=O) groups excluding carboxylic acids is 1. The number of aliphatic hydroxyl groups is 1. The molecule has 1 fully saturated rings. The van der Waals surface area contributed by atoms with Crippen LogP contribution in [0.15, 0.2) is 30.3 Å². The summed E-state index contributed by atoms with van der Waals surface area (Å²) in [5.74, 6) is 0.534. The van der Waals surface area contributed by atoms with E-state index >= 15 is 0 Å². The van der Waals surface area contributed by atoms with Crippen LogP contribution in [0.1, 0.15) is 40.7 Å². The highest BCUT2D eigenvalue weighted by atomic mass is 16.3. The fourth-order valence-electron chi connectivity index (χ4n) is 3.39. The van der Waals surface area contributed by atoms with Crippen molar-refractivity contribution in [3.8, 4) is 0 Å². The Labute approximate surface area is 142 Å². The summed E-state index contributed by atoms with van der Waals surface area (Å²) >= 11 is 0. The molecule has 1 aromatic carbocycles. The maximum absolute atomic E-state index is 12.6. The molecule has 2 heterocycles. The second kappa shape index (κ2) is 7.18. The summed E-state index contributed by atoms with van der Waals surface area (Å²) in [6.07, 6.45) is 2.00. The molecule has 0 bridgehead atoms. The number of hydrogen-bond donors (Lipinski definition) is 1. The van der Waals surface area contributed by atoms with Crippen LogP contribution < -0.4 is 0 Å². The molecule has 24 heavy (non-hydrogen) atoms. The first-order valence-electron chi connectivity index (χ1n) is 8.63. The Hall–Kier alpha value is -2.14. The lowest BCUT2D eigenvalue weighted by molar-refractivity contribution is 0.0780. The lowest BCUT2D eigenvalue weighted by Gasteiger charge is -2.15. The Morgan fingerprint density at radius 2 is 2.00 bits per heavy atom. The maximum Gasteiger partial charge on any atom is 0.274 e. The van der Waals surface area contributed by atoms with Gasteiger partial charge in [0.15, 0.2) is 5.69 Å². The molecule has 0 aliphatic carbocycles. The maximum atomic E-state index is 12.6. The minimum absolute atomic E-state index is 0.0448. The normalized spacial score (nSPS) is 17.5. The number of aryl methyl sites for hydroxylation is 2. The van der Waals surface area contributed by atoms with E-state index in [0.717, 1.165) is 43.7 Å². The molecule has 0 saturated carbocycles. The van der Waals surface area contributed by atoms with Gasteiger partial charge in [-0.25, -0.2) is 0 Å². The van der Waals surface area contributed by atoms with Crippen LogP contribution in [0.25, 0.3) is 0 Å². The van der Waals surface area contributed by atoms with Crippen LogP contribution >= 0.6 is 0 Å². The van der Waals surface area contributed by atoms with E-state index < -0.39 is 0 Å². The summed E-state index contributed by atoms with van der Waals surface area (Å²) < 4.78 is 1.86. The first kappa shape index (κ1) is 16.7. The molecule has 1 N–H and O–H groups in total. The molecule has 1 aromatic heterocycles. The van der Waals surface area contributed by atoms with E-state index in [9.17, 15) is 4.79 Å². The molecule has 5 nitrogen and oxygen atoms in total. The number of nitrogens with zero attached hydrogens (tertiary/aromatic N) is 3. The highest BCUT2D eigenvalue weighted by molar-refractivity contribution is 5.92. The van der Waals surface area contributed by atoms with Gasteiger partial charge in [0.2, 0.25) is 0 Å². The second-order valence-electron chi connectivity index (χ2n) is 6.57. The van der Waals surface area contributed by atoms with Crippen LogP contribution in [0.2, 0.25) is 0 Å². The molecule has 3 rings (SSSR count). The van der Waals surface area contributed by atoms with Gasteiger partial charge in [-0.1, -0.05) is 24.3 Å². The SMILES string of the molecule is CCn1nc(C(=O)N2CC[C@@H](Cc3ccc(CO)cc3)C2)cc1C. The van der Waals surface area contributed by atoms with Gasteiger partial charge in [0.1, 0.15) is 0 Å². The molecule has 5 heteroatoms. The molecule has 0 unspecified atom stereocenters. The van der Waals surface area contributed by atoms with Gasteiger partial charge < -0.3 is 10.0 Å². The summed E-state index contributed by atoms with van der Waals surface area (Å²) in [6.45, 7) is 6.47. The lowest BCUT2D eigenvalue weighted by Crippen LogP contribution is -2.29. The van der Waals surface area contributed by atoms with Crippen molar-refractivity contribution in [3.05, 3.63) is 52.8 Å². The smallest absolute Gasteiger partial charge is 0.274 e. The quantitative estimate of drug-likeness (QED) is 0.917. The van der Waals surface area contributed by atoms with Crippen LogP contribution in [0.5, 0.6) is 0 Å². The number of benzene rings is 1. The first-order chi connectivity index (χ1) is 11.6. The molecule has 1 aliphatic rings. The van der Waals surface area contributed by atoms with Crippen LogP contribution in [-0.2, 0) is 19.6 Å². The van der Waals surface area contributed by atoms with Crippen molar-refractivity contribution in [2.75, 3.05) is 13.1 Å². The van der Waals surface area contributed by atoms with Crippen LogP contribution in [0, 0.1) is 12.8 Å². The molecule has 1 aliphatic heterocycles. The zero-order valence-electron chi connectivity index (χ0n) is 14.4. The van der Waals surface area contributed by atoms with Crippen LogP contribution in [-0.4, -0.2) is 38.8 Å². The summed E-state index contributed by atoms with van der Waals surface area (Å²) in [5.41, 5.74) is 3.78. The largest absolute Gasteiger partial charge is 0.392 e. The van der Waals surface area contributed by atoms with E-state index in [4.69, 9.17) is 5.11 Å². The molecule has 1 amide bonds. The average molecular weight is 327 g/mol. The summed E-state index contributed by atoms with van der Waals surface area (Å²) in [6, 6.07) is 9.96. The third-order valence-corrected chi connectivity index (χ3v) is 4.80. The van der Waals surface area contributed by atoms with Crippen molar-refractivity contribution in [1.82, 2.24) is 14.7 Å². The van der Waals surface area contributed by atoms with E-state index in [1.54, 1.807) is 0 Å². The molecular formula is C19H25N3O2. The zero-order valence-corrected chi connectivity index (χ0v) is 14.4. The Balaban J connectivity index is 1.60. The van der Waals surface area contributed by atoms with E-state index in [0.29, 0.717) is 11.6 Å². The van der Waals surface area contributed by atoms with Crippen molar-refractivity contribution in [1.29, 1.82) is 0 Å². The predicted octanol–water partition coefficient (Wildman–Crippen LogP) is 2.41. The topological polar surface area (TPSA) is 58.4 Å². The van der Waals surface area contributed by atoms with Crippen molar-refractivity contribution >= 4 is 5.91 Å². The summed E-state index contributed by atoms with van der Waals surface area (Å²) in [4.78, 5) is 14.6. The third kappa shape index (κ3) is 3.51. The average Bonchev–Trinajstić information content (AvgIpc) is 3.21. The Kier molecular flexibility index (Phi) is 5.00. The minimum atomic E-state index is 0.0448. The number of hydrogen-bond acceptors (Lipinski definition) is 3.